The number of aromatic amines is 1. The Morgan fingerprint density at radius 3 is 1.91 bits per heavy atom. The van der Waals surface area contributed by atoms with Crippen molar-refractivity contribution in [2.75, 3.05) is 19.6 Å². The lowest BCUT2D eigenvalue weighted by Crippen LogP contribution is -2.59. The van der Waals surface area contributed by atoms with Gasteiger partial charge < -0.3 is 69.4 Å². The van der Waals surface area contributed by atoms with Gasteiger partial charge in [0, 0.05) is 36.6 Å². The summed E-state index contributed by atoms with van der Waals surface area (Å²) in [5.41, 5.74) is 19.6. The first-order valence-electron chi connectivity index (χ1n) is 26.0. The molecule has 2 heterocycles. The Morgan fingerprint density at radius 2 is 1.29 bits per heavy atom. The minimum atomic E-state index is -1.25. The zero-order valence-corrected chi connectivity index (χ0v) is 44.7. The third kappa shape index (κ3) is 19.0. The highest BCUT2D eigenvalue weighted by atomic mass is 16.4. The Hall–Kier alpha value is -7.56. The zero-order valence-electron chi connectivity index (χ0n) is 44.7. The van der Waals surface area contributed by atoms with E-state index in [1.54, 1.807) is 20.0 Å². The molecule has 416 valence electrons. The van der Waals surface area contributed by atoms with E-state index in [1.165, 1.54) is 11.8 Å². The number of aliphatic imine (C=N–C) groups is 1. The fourth-order valence-corrected chi connectivity index (χ4v) is 8.86. The number of aliphatic carboxylic acids is 1. The van der Waals surface area contributed by atoms with Crippen molar-refractivity contribution >= 4 is 70.1 Å². The second-order valence-electron chi connectivity index (χ2n) is 20.6. The van der Waals surface area contributed by atoms with Crippen molar-refractivity contribution in [3.63, 3.8) is 0 Å². The molecule has 1 saturated heterocycles. The number of fused-ring (bicyclic) bond motifs is 1. The van der Waals surface area contributed by atoms with E-state index in [0.29, 0.717) is 12.0 Å². The molecule has 23 nitrogen and oxygen atoms in total. The number of rotatable bonds is 29. The fraction of sp³-hybridized carbons (Fsp3) is 0.547. The van der Waals surface area contributed by atoms with Crippen LogP contribution in [0.25, 0.3) is 10.9 Å². The third-order valence-corrected chi connectivity index (χ3v) is 12.9. The molecule has 23 heteroatoms. The van der Waals surface area contributed by atoms with Gasteiger partial charge in [0.2, 0.25) is 47.3 Å². The van der Waals surface area contributed by atoms with Crippen LogP contribution in [0.1, 0.15) is 98.1 Å². The van der Waals surface area contributed by atoms with E-state index in [1.807, 2.05) is 82.3 Å². The van der Waals surface area contributed by atoms with Crippen LogP contribution in [0.2, 0.25) is 0 Å². The summed E-state index contributed by atoms with van der Waals surface area (Å²) in [5.74, 6) is -7.34. The number of carboxylic acid groups (broad SMARTS) is 1. The van der Waals surface area contributed by atoms with Crippen molar-refractivity contribution in [1.82, 2.24) is 47.1 Å². The van der Waals surface area contributed by atoms with Crippen LogP contribution in [-0.4, -0.2) is 142 Å². The van der Waals surface area contributed by atoms with Gasteiger partial charge in [-0.15, -0.1) is 0 Å². The molecule has 1 aliphatic heterocycles. The molecule has 76 heavy (non-hydrogen) atoms. The Balaban J connectivity index is 1.47. The van der Waals surface area contributed by atoms with Gasteiger partial charge in [-0.25, -0.2) is 4.79 Å². The van der Waals surface area contributed by atoms with Gasteiger partial charge >= 0.3 is 5.97 Å². The van der Waals surface area contributed by atoms with E-state index < -0.39 is 114 Å². The lowest BCUT2D eigenvalue weighted by atomic mass is 10.00. The second-order valence-corrected chi connectivity index (χ2v) is 20.6. The third-order valence-electron chi connectivity index (χ3n) is 12.9. The smallest absolute Gasteiger partial charge is 0.326 e. The Morgan fingerprint density at radius 1 is 0.697 bits per heavy atom. The van der Waals surface area contributed by atoms with Crippen molar-refractivity contribution in [3.05, 3.63) is 71.9 Å². The first-order chi connectivity index (χ1) is 35.9. The number of aromatic nitrogens is 1. The van der Waals surface area contributed by atoms with Crippen molar-refractivity contribution in [3.8, 4) is 0 Å². The first-order valence-corrected chi connectivity index (χ1v) is 26.0. The van der Waals surface area contributed by atoms with Gasteiger partial charge in [-0.05, 0) is 86.8 Å². The largest absolute Gasteiger partial charge is 0.480 e. The fourth-order valence-electron chi connectivity index (χ4n) is 8.86. The van der Waals surface area contributed by atoms with Crippen LogP contribution in [-0.2, 0) is 56.0 Å². The number of carboxylic acids is 1. The van der Waals surface area contributed by atoms with Gasteiger partial charge in [0.1, 0.15) is 42.3 Å². The molecule has 0 saturated carbocycles. The number of para-hydroxylation sites is 1. The lowest BCUT2D eigenvalue weighted by molar-refractivity contribution is -0.143. The van der Waals surface area contributed by atoms with Crippen LogP contribution in [0.15, 0.2) is 65.8 Å². The normalized spacial score (nSPS) is 16.1. The molecule has 4 rings (SSSR count). The van der Waals surface area contributed by atoms with Crippen LogP contribution < -0.4 is 54.4 Å². The van der Waals surface area contributed by atoms with Crippen LogP contribution in [0.5, 0.6) is 0 Å². The first kappa shape index (κ1) is 61.0. The molecule has 1 aromatic heterocycles. The van der Waals surface area contributed by atoms with Crippen LogP contribution >= 0.6 is 0 Å². The highest BCUT2D eigenvalue weighted by Gasteiger charge is 2.38. The average molecular weight is 1060 g/mol. The minimum absolute atomic E-state index is 0.00662. The van der Waals surface area contributed by atoms with Crippen LogP contribution in [0.4, 0.5) is 0 Å². The summed E-state index contributed by atoms with van der Waals surface area (Å²) in [4.78, 5) is 130. The number of amides is 8. The number of likely N-dealkylation sites (tertiary alicyclic amines) is 1. The number of hydrogen-bond acceptors (Lipinski definition) is 11. The highest BCUT2D eigenvalue weighted by molar-refractivity contribution is 5.98. The van der Waals surface area contributed by atoms with Gasteiger partial charge in [-0.1, -0.05) is 90.1 Å². The molecule has 3 aromatic rings. The molecule has 8 amide bonds. The number of nitrogens with two attached hydrogens (primary N) is 3. The summed E-state index contributed by atoms with van der Waals surface area (Å²) in [5, 5.41) is 29.1. The van der Waals surface area contributed by atoms with Gasteiger partial charge in [0.25, 0.3) is 0 Å². The summed E-state index contributed by atoms with van der Waals surface area (Å²) in [6.45, 7) is 11.8. The molecule has 2 aromatic carbocycles. The zero-order chi connectivity index (χ0) is 56.2. The highest BCUT2D eigenvalue weighted by Crippen LogP contribution is 2.21. The SMILES string of the molecule is CC(C)C[C@H](NC(=O)[C@H](C)NC(=O)[C@H](CCCN=C(N)N)NC(=O)[C@@H]1CCCN1C(=O)CNC(=O)[C@H](Cc1c[nH]c2ccccc12)NC(=O)[C@H](CC(C)C)NC(=O)[C@@H](N)Cc1ccccc1)C(=O)N[C@H](C(=O)O)C(C)C. The molecule has 1 aliphatic rings. The van der Waals surface area contributed by atoms with Gasteiger partial charge in [-0.2, -0.15) is 0 Å². The van der Waals surface area contributed by atoms with Crippen molar-refractivity contribution in [2.45, 2.75) is 148 Å². The number of carbonyl (C=O) groups is 9. The van der Waals surface area contributed by atoms with Crippen LogP contribution in [0.3, 0.4) is 0 Å². The summed E-state index contributed by atoms with van der Waals surface area (Å²) in [6, 6.07) is 7.55. The molecular weight excluding hydrogens is 979 g/mol. The standard InChI is InChI=1S/C53H79N13O10/c1-29(2)23-39(63-46(69)36(54)25-33-15-9-8-10-16-33)49(72)64-41(26-34-27-58-37-18-12-11-17-35(34)37)47(70)59-28-43(67)66-22-14-20-42(66)51(74)61-38(19-13-21-57-53(55)56)48(71)60-32(7)45(68)62-40(24-30(3)4)50(73)65-44(31(5)6)52(75)76/h8-12,15-18,27,29-32,36,38-42,44,58H,13-14,19-26,28,54H2,1-7H3,(H,59,70)(H,60,71)(H,61,74)(H,62,68)(H,63,69)(H,64,72)(H,65,73)(H,75,76)(H4,55,56,57)/t32-,36-,38-,39-,40-,41-,42-,44-/m0/s1. The topological polar surface area (TPSA) is 368 Å². The van der Waals surface area contributed by atoms with Gasteiger partial charge in [-0.3, -0.25) is 43.3 Å². The van der Waals surface area contributed by atoms with E-state index in [0.717, 1.165) is 16.5 Å². The number of nitrogens with zero attached hydrogens (tertiary/aromatic N) is 2. The summed E-state index contributed by atoms with van der Waals surface area (Å²) in [6.07, 6.45) is 3.24. The number of guanidine groups is 1. The molecule has 0 bridgehead atoms. The second kappa shape index (κ2) is 29.5. The van der Waals surface area contributed by atoms with E-state index >= 15 is 0 Å². The quantitative estimate of drug-likeness (QED) is 0.0252. The number of nitrogens with one attached hydrogen (secondary N) is 8. The lowest BCUT2D eigenvalue weighted by Gasteiger charge is -2.28. The molecule has 0 aliphatic carbocycles. The van der Waals surface area contributed by atoms with Crippen molar-refractivity contribution < 1.29 is 48.3 Å². The summed E-state index contributed by atoms with van der Waals surface area (Å²) in [7, 11) is 0. The number of H-pyrrole nitrogens is 1. The van der Waals surface area contributed by atoms with Crippen molar-refractivity contribution in [1.29, 1.82) is 0 Å². The molecular formula is C53H79N13O10. The monoisotopic (exact) mass is 1060 g/mol. The average Bonchev–Trinajstić information content (AvgIpc) is 4.03. The van der Waals surface area contributed by atoms with E-state index in [-0.39, 0.29) is 75.8 Å². The predicted octanol–water partition coefficient (Wildman–Crippen LogP) is 0.203. The van der Waals surface area contributed by atoms with Gasteiger partial charge in [0.05, 0.1) is 12.6 Å². The Bertz CT molecular complexity index is 2510. The maximum Gasteiger partial charge on any atom is 0.326 e. The summed E-state index contributed by atoms with van der Waals surface area (Å²) >= 11 is 0. The van der Waals surface area contributed by atoms with E-state index in [2.05, 4.69) is 47.2 Å². The minimum Gasteiger partial charge on any atom is -0.480 e. The number of hydrogen-bond donors (Lipinski definition) is 12. The Kier molecular flexibility index (Phi) is 23.7. The van der Waals surface area contributed by atoms with Gasteiger partial charge in [0.15, 0.2) is 5.96 Å². The van der Waals surface area contributed by atoms with Crippen LogP contribution in [0, 0.1) is 17.8 Å². The number of carbonyl (C=O) groups excluding carboxylic acids is 8. The molecule has 8 atom stereocenters. The maximum atomic E-state index is 14.2. The molecule has 0 radical (unpaired) electrons. The Labute approximate surface area is 443 Å². The number of benzene rings is 2. The van der Waals surface area contributed by atoms with E-state index in [4.69, 9.17) is 17.2 Å². The molecule has 1 fully saturated rings. The molecule has 0 unspecified atom stereocenters. The predicted molar refractivity (Wildman–Crippen MR) is 286 cm³/mol. The molecule has 0 spiro atoms. The van der Waals surface area contributed by atoms with Crippen molar-refractivity contribution in [2.24, 2.45) is 39.9 Å². The maximum absolute atomic E-state index is 14.2. The van der Waals surface area contributed by atoms with E-state index in [9.17, 15) is 48.3 Å². The molecule has 15 N–H and O–H groups in total. The summed E-state index contributed by atoms with van der Waals surface area (Å²) < 4.78 is 0.